The van der Waals surface area contributed by atoms with Gasteiger partial charge in [-0.25, -0.2) is 4.98 Å². The van der Waals surface area contributed by atoms with E-state index < -0.39 is 5.97 Å². The second kappa shape index (κ2) is 8.32. The molecule has 0 saturated heterocycles. The van der Waals surface area contributed by atoms with Gasteiger partial charge in [0.2, 0.25) is 0 Å². The molecule has 0 fully saturated rings. The van der Waals surface area contributed by atoms with E-state index in [1.807, 2.05) is 30.6 Å². The molecule has 1 aliphatic heterocycles. The third kappa shape index (κ3) is 3.65. The van der Waals surface area contributed by atoms with Crippen molar-refractivity contribution in [2.75, 3.05) is 0 Å². The lowest BCUT2D eigenvalue weighted by Crippen LogP contribution is -2.22. The molecule has 0 spiro atoms. The molecule has 32 heavy (non-hydrogen) atoms. The van der Waals surface area contributed by atoms with Gasteiger partial charge in [0, 0.05) is 12.1 Å². The molecule has 4 aromatic rings. The summed E-state index contributed by atoms with van der Waals surface area (Å²) in [7, 11) is 0. The number of carbonyl (C=O) groups is 1. The van der Waals surface area contributed by atoms with Crippen molar-refractivity contribution < 1.29 is 20.1 Å². The van der Waals surface area contributed by atoms with Gasteiger partial charge >= 0.3 is 0 Å². The van der Waals surface area contributed by atoms with Crippen LogP contribution in [0.4, 0.5) is 0 Å². The van der Waals surface area contributed by atoms with Gasteiger partial charge in [0.15, 0.2) is 0 Å². The zero-order chi connectivity index (χ0) is 21.5. The van der Waals surface area contributed by atoms with Crippen LogP contribution in [0.25, 0.3) is 16.6 Å². The average molecular weight is 427 g/mol. The van der Waals surface area contributed by atoms with Crippen LogP contribution in [0.15, 0.2) is 67.0 Å². The highest BCUT2D eigenvalue weighted by molar-refractivity contribution is 5.91. The smallest absolute Gasteiger partial charge is 0.127 e. The van der Waals surface area contributed by atoms with Crippen LogP contribution in [-0.2, 0) is 13.2 Å². The Bertz CT molecular complexity index is 1370. The van der Waals surface area contributed by atoms with Gasteiger partial charge in [0.25, 0.3) is 0 Å². The summed E-state index contributed by atoms with van der Waals surface area (Å²) in [6.07, 6.45) is 3.96. The number of aromatic carboxylic acids is 1. The van der Waals surface area contributed by atoms with E-state index in [1.165, 1.54) is 17.2 Å². The van der Waals surface area contributed by atoms with E-state index in [9.17, 15) is 9.90 Å². The summed E-state index contributed by atoms with van der Waals surface area (Å²) in [5.41, 5.74) is 8.39. The lowest BCUT2D eigenvalue weighted by Gasteiger charge is -2.13. The summed E-state index contributed by atoms with van der Waals surface area (Å²) in [5.74, 6) is -0.541. The fourth-order valence-corrected chi connectivity index (χ4v) is 4.07. The highest BCUT2D eigenvalue weighted by Crippen LogP contribution is 2.37. The first-order chi connectivity index (χ1) is 15.0. The van der Waals surface area contributed by atoms with E-state index in [2.05, 4.69) is 41.6 Å². The molecule has 162 valence electrons. The van der Waals surface area contributed by atoms with Gasteiger partial charge in [-0.1, -0.05) is 30.3 Å². The third-order valence-electron chi connectivity index (χ3n) is 5.92. The molecular formula is C26H23N2O4-. The predicted molar refractivity (Wildman–Crippen MR) is 121 cm³/mol. The number of hydrogen-bond donors (Lipinski definition) is 0. The SMILES string of the molecule is Cc1cc2ncn(C/C=C3\c4ccccc4COc4ccc(C(=O)[O-])cc43)c2cc1C.O. The number of allylic oxidation sites excluding steroid dienone is 1. The number of rotatable bonds is 3. The minimum Gasteiger partial charge on any atom is -0.545 e. The first-order valence-corrected chi connectivity index (χ1v) is 10.2. The summed E-state index contributed by atoms with van der Waals surface area (Å²) in [6, 6.07) is 17.2. The fourth-order valence-electron chi connectivity index (χ4n) is 4.07. The number of carboxylic acids is 1. The van der Waals surface area contributed by atoms with E-state index >= 15 is 0 Å². The lowest BCUT2D eigenvalue weighted by molar-refractivity contribution is -0.255. The van der Waals surface area contributed by atoms with Crippen molar-refractivity contribution in [1.82, 2.24) is 9.55 Å². The number of benzene rings is 3. The van der Waals surface area contributed by atoms with E-state index in [0.29, 0.717) is 18.9 Å². The summed E-state index contributed by atoms with van der Waals surface area (Å²) in [5, 5.41) is 11.5. The van der Waals surface area contributed by atoms with Gasteiger partial charge in [-0.2, -0.15) is 0 Å². The highest BCUT2D eigenvalue weighted by Gasteiger charge is 2.19. The number of aryl methyl sites for hydroxylation is 2. The van der Waals surface area contributed by atoms with Crippen LogP contribution in [-0.4, -0.2) is 21.0 Å². The minimum absolute atomic E-state index is 0. The van der Waals surface area contributed by atoms with Crippen molar-refractivity contribution >= 4 is 22.6 Å². The molecule has 3 aromatic carbocycles. The maximum Gasteiger partial charge on any atom is 0.127 e. The Morgan fingerprint density at radius 1 is 1.09 bits per heavy atom. The molecule has 2 N–H and O–H groups in total. The average Bonchev–Trinajstić information content (AvgIpc) is 3.07. The standard InChI is InChI=1S/C26H22N2O3.H2O/c1-16-11-23-24(12-17(16)2)28(15-27-23)10-9-21-20-6-4-3-5-19(20)14-31-25-8-7-18(26(29)30)13-22(21)25;/h3-9,11-13,15H,10,14H2,1-2H3,(H,29,30);1H2/p-1/b21-9+;. The first kappa shape index (κ1) is 21.3. The Balaban J connectivity index is 0.00000245. The molecule has 5 rings (SSSR count). The molecule has 0 aliphatic carbocycles. The Morgan fingerprint density at radius 2 is 1.88 bits per heavy atom. The predicted octanol–water partition coefficient (Wildman–Crippen LogP) is 3.22. The summed E-state index contributed by atoms with van der Waals surface area (Å²) in [6.45, 7) is 5.21. The largest absolute Gasteiger partial charge is 0.545 e. The van der Waals surface area contributed by atoms with Crippen LogP contribution in [0.3, 0.4) is 0 Å². The molecule has 2 heterocycles. The Labute approximate surface area is 185 Å². The van der Waals surface area contributed by atoms with Crippen molar-refractivity contribution in [2.24, 2.45) is 0 Å². The normalized spacial score (nSPS) is 13.6. The minimum atomic E-state index is -1.20. The molecular weight excluding hydrogens is 404 g/mol. The molecule has 0 amide bonds. The lowest BCUT2D eigenvalue weighted by atomic mass is 9.93. The third-order valence-corrected chi connectivity index (χ3v) is 5.92. The van der Waals surface area contributed by atoms with E-state index in [4.69, 9.17) is 4.74 Å². The first-order valence-electron chi connectivity index (χ1n) is 10.2. The maximum atomic E-state index is 11.5. The molecule has 1 aliphatic rings. The van der Waals surface area contributed by atoms with Gasteiger partial charge in [-0.05, 0) is 77.6 Å². The number of ether oxygens (including phenoxy) is 1. The Morgan fingerprint density at radius 3 is 2.69 bits per heavy atom. The highest BCUT2D eigenvalue weighted by atomic mass is 16.5. The van der Waals surface area contributed by atoms with Crippen molar-refractivity contribution in [1.29, 1.82) is 0 Å². The number of carboxylic acid groups (broad SMARTS) is 1. The number of carbonyl (C=O) groups excluding carboxylic acids is 1. The quantitative estimate of drug-likeness (QED) is 0.501. The van der Waals surface area contributed by atoms with E-state index in [1.54, 1.807) is 12.1 Å². The van der Waals surface area contributed by atoms with Crippen LogP contribution in [0.2, 0.25) is 0 Å². The van der Waals surface area contributed by atoms with Crippen LogP contribution >= 0.6 is 0 Å². The maximum absolute atomic E-state index is 11.5. The number of hydrogen-bond acceptors (Lipinski definition) is 4. The van der Waals surface area contributed by atoms with Crippen molar-refractivity contribution in [3.05, 3.63) is 100 Å². The van der Waals surface area contributed by atoms with Crippen LogP contribution < -0.4 is 9.84 Å². The second-order valence-electron chi connectivity index (χ2n) is 7.88. The molecule has 0 unspecified atom stereocenters. The van der Waals surface area contributed by atoms with Gasteiger partial charge in [-0.15, -0.1) is 0 Å². The van der Waals surface area contributed by atoms with Crippen LogP contribution in [0.1, 0.15) is 38.2 Å². The molecule has 0 atom stereocenters. The Hall–Kier alpha value is -3.90. The van der Waals surface area contributed by atoms with Gasteiger partial charge < -0.3 is 24.7 Å². The monoisotopic (exact) mass is 427 g/mol. The molecule has 1 aromatic heterocycles. The fraction of sp³-hybridized carbons (Fsp3) is 0.154. The molecule has 6 nitrogen and oxygen atoms in total. The summed E-state index contributed by atoms with van der Waals surface area (Å²) < 4.78 is 8.11. The van der Waals surface area contributed by atoms with Crippen LogP contribution in [0, 0.1) is 13.8 Å². The molecule has 0 bridgehead atoms. The molecule has 6 heteroatoms. The number of nitrogens with zero attached hydrogens (tertiary/aromatic N) is 2. The second-order valence-corrected chi connectivity index (χ2v) is 7.88. The number of aromatic nitrogens is 2. The molecule has 0 saturated carbocycles. The summed E-state index contributed by atoms with van der Waals surface area (Å²) >= 11 is 0. The zero-order valence-electron chi connectivity index (χ0n) is 17.9. The van der Waals surface area contributed by atoms with Crippen molar-refractivity contribution in [3.8, 4) is 5.75 Å². The van der Waals surface area contributed by atoms with Gasteiger partial charge in [0.05, 0.1) is 23.3 Å². The topological polar surface area (TPSA) is 98.7 Å². The van der Waals surface area contributed by atoms with Crippen LogP contribution in [0.5, 0.6) is 5.75 Å². The Kier molecular flexibility index (Phi) is 5.55. The van der Waals surface area contributed by atoms with E-state index in [-0.39, 0.29) is 11.0 Å². The van der Waals surface area contributed by atoms with Gasteiger partial charge in [-0.3, -0.25) is 0 Å². The molecule has 0 radical (unpaired) electrons. The van der Waals surface area contributed by atoms with Crippen molar-refractivity contribution in [2.45, 2.75) is 27.0 Å². The van der Waals surface area contributed by atoms with Crippen molar-refractivity contribution in [3.63, 3.8) is 0 Å². The zero-order valence-corrected chi connectivity index (χ0v) is 17.9. The number of imidazole rings is 1. The number of fused-ring (bicyclic) bond motifs is 3. The van der Waals surface area contributed by atoms with E-state index in [0.717, 1.165) is 33.3 Å². The van der Waals surface area contributed by atoms with Gasteiger partial charge in [0.1, 0.15) is 12.4 Å². The summed E-state index contributed by atoms with van der Waals surface area (Å²) in [4.78, 5) is 16.0.